The molecule has 0 heterocycles. The molecule has 1 radical (unpaired) electrons. The number of benzene rings is 1. The van der Waals surface area contributed by atoms with Gasteiger partial charge in [-0.05, 0) is 6.92 Å². The van der Waals surface area contributed by atoms with Gasteiger partial charge in [-0.1, -0.05) is 12.5 Å². The Bertz CT molecular complexity index is 238. The molecule has 0 amide bonds. The van der Waals surface area contributed by atoms with Gasteiger partial charge >= 0.3 is 0 Å². The molecule has 0 unspecified atom stereocenters. The van der Waals surface area contributed by atoms with Gasteiger partial charge in [-0.25, -0.2) is 0 Å². The molecule has 1 nitrogen and oxygen atoms in total. The van der Waals surface area contributed by atoms with Crippen LogP contribution in [0.4, 0.5) is 0 Å². The second-order valence-corrected chi connectivity index (χ2v) is 2.32. The average molecular weight is 222 g/mol. The van der Waals surface area contributed by atoms with Gasteiger partial charge in [0.25, 0.3) is 0 Å². The van der Waals surface area contributed by atoms with Crippen molar-refractivity contribution in [1.82, 2.24) is 0 Å². The van der Waals surface area contributed by atoms with Crippen molar-refractivity contribution in [1.29, 1.82) is 0 Å². The van der Waals surface area contributed by atoms with Crippen LogP contribution in [0.2, 0.25) is 0 Å². The fourth-order valence-corrected chi connectivity index (χ4v) is 0.722. The topological polar surface area (TPSA) is 17.1 Å². The van der Waals surface area contributed by atoms with Crippen LogP contribution in [0, 0.1) is 13.0 Å². The largest absolute Gasteiger partial charge is 0.309 e. The Morgan fingerprint density at radius 2 is 2.09 bits per heavy atom. The molecule has 1 rings (SSSR count). The van der Waals surface area contributed by atoms with Gasteiger partial charge in [0.2, 0.25) is 0 Å². The molecular formula is C9H9OY-. The van der Waals surface area contributed by atoms with Crippen molar-refractivity contribution in [2.45, 2.75) is 13.8 Å². The zero-order valence-corrected chi connectivity index (χ0v) is 9.56. The zero-order valence-electron chi connectivity index (χ0n) is 6.72. The van der Waals surface area contributed by atoms with Crippen LogP contribution in [0.15, 0.2) is 18.2 Å². The second-order valence-electron chi connectivity index (χ2n) is 2.32. The van der Waals surface area contributed by atoms with Gasteiger partial charge in [0.1, 0.15) is 5.78 Å². The van der Waals surface area contributed by atoms with Crippen LogP contribution < -0.4 is 0 Å². The minimum atomic E-state index is 0. The SMILES string of the molecule is CC(=O)c1c[c-]c(C)cc1.[Y]. The molecule has 2 heteroatoms. The predicted octanol–water partition coefficient (Wildman–Crippen LogP) is 2.00. The van der Waals surface area contributed by atoms with E-state index in [2.05, 4.69) is 6.07 Å². The Labute approximate surface area is 92.1 Å². The third-order valence-corrected chi connectivity index (χ3v) is 1.37. The molecule has 0 spiro atoms. The summed E-state index contributed by atoms with van der Waals surface area (Å²) < 4.78 is 0. The molecule has 0 saturated carbocycles. The first kappa shape index (κ1) is 11.0. The summed E-state index contributed by atoms with van der Waals surface area (Å²) in [6.07, 6.45) is 0. The van der Waals surface area contributed by atoms with Crippen molar-refractivity contribution in [3.63, 3.8) is 0 Å². The molecule has 0 saturated heterocycles. The minimum absolute atomic E-state index is 0. The van der Waals surface area contributed by atoms with E-state index in [9.17, 15) is 4.79 Å². The van der Waals surface area contributed by atoms with E-state index in [4.69, 9.17) is 0 Å². The van der Waals surface area contributed by atoms with Crippen LogP contribution in [0.25, 0.3) is 0 Å². The van der Waals surface area contributed by atoms with Gasteiger partial charge in [-0.3, -0.25) is 0 Å². The number of ketones is 1. The molecule has 0 N–H and O–H groups in total. The zero-order chi connectivity index (χ0) is 7.56. The van der Waals surface area contributed by atoms with E-state index in [-0.39, 0.29) is 38.5 Å². The van der Waals surface area contributed by atoms with Crippen LogP contribution in [0.3, 0.4) is 0 Å². The average Bonchev–Trinajstić information content (AvgIpc) is 1.88. The molecule has 0 aliphatic heterocycles. The summed E-state index contributed by atoms with van der Waals surface area (Å²) in [4.78, 5) is 10.7. The Morgan fingerprint density at radius 3 is 2.45 bits per heavy atom. The molecule has 1 aromatic rings. The molecule has 0 aliphatic carbocycles. The molecule has 0 aliphatic rings. The molecular weight excluding hydrogens is 213 g/mol. The van der Waals surface area contributed by atoms with Crippen molar-refractivity contribution in [2.24, 2.45) is 0 Å². The number of carbonyl (C=O) groups excluding carboxylic acids is 1. The maximum Gasteiger partial charge on any atom is 0.105 e. The van der Waals surface area contributed by atoms with E-state index in [1.54, 1.807) is 13.0 Å². The number of carbonyl (C=O) groups is 1. The van der Waals surface area contributed by atoms with Gasteiger partial charge in [-0.2, -0.15) is 29.8 Å². The first-order valence-corrected chi connectivity index (χ1v) is 3.19. The quantitative estimate of drug-likeness (QED) is 0.524. The van der Waals surface area contributed by atoms with E-state index in [0.29, 0.717) is 0 Å². The van der Waals surface area contributed by atoms with Crippen LogP contribution in [-0.4, -0.2) is 5.78 Å². The van der Waals surface area contributed by atoms with E-state index >= 15 is 0 Å². The predicted molar refractivity (Wildman–Crippen MR) is 40.0 cm³/mol. The Hall–Kier alpha value is -0.00610. The Morgan fingerprint density at radius 1 is 1.45 bits per heavy atom. The van der Waals surface area contributed by atoms with Crippen molar-refractivity contribution >= 4 is 5.78 Å². The van der Waals surface area contributed by atoms with E-state index in [0.717, 1.165) is 11.1 Å². The summed E-state index contributed by atoms with van der Waals surface area (Å²) in [6, 6.07) is 8.38. The number of Topliss-reactive ketones (excluding diaryl/α,β-unsaturated/α-hetero) is 1. The van der Waals surface area contributed by atoms with Crippen LogP contribution in [0.5, 0.6) is 0 Å². The fourth-order valence-electron chi connectivity index (χ4n) is 0.722. The van der Waals surface area contributed by atoms with Crippen molar-refractivity contribution < 1.29 is 37.5 Å². The summed E-state index contributed by atoms with van der Waals surface area (Å²) in [5.74, 6) is 0.0938. The van der Waals surface area contributed by atoms with Gasteiger partial charge in [0.05, 0.1) is 0 Å². The standard InChI is InChI=1S/C9H9O.Y/c1-7-3-5-9(6-4-7)8(2)10;/h3,5-6H,1-2H3;/q-1;. The first-order chi connectivity index (χ1) is 4.70. The molecule has 0 aromatic heterocycles. The van der Waals surface area contributed by atoms with Crippen molar-refractivity contribution in [3.05, 3.63) is 35.4 Å². The monoisotopic (exact) mass is 222 g/mol. The molecule has 55 valence electrons. The van der Waals surface area contributed by atoms with Crippen molar-refractivity contribution in [3.8, 4) is 0 Å². The first-order valence-electron chi connectivity index (χ1n) is 3.19. The summed E-state index contributed by atoms with van der Waals surface area (Å²) in [7, 11) is 0. The third kappa shape index (κ3) is 3.26. The molecule has 0 bridgehead atoms. The summed E-state index contributed by atoms with van der Waals surface area (Å²) in [6.45, 7) is 3.50. The van der Waals surface area contributed by atoms with Crippen molar-refractivity contribution in [2.75, 3.05) is 0 Å². The van der Waals surface area contributed by atoms with E-state index < -0.39 is 0 Å². The maximum atomic E-state index is 10.7. The Balaban J connectivity index is 0.000001000. The van der Waals surface area contributed by atoms with E-state index in [1.807, 2.05) is 19.1 Å². The molecule has 11 heavy (non-hydrogen) atoms. The van der Waals surface area contributed by atoms with E-state index in [1.165, 1.54) is 0 Å². The fraction of sp³-hybridized carbons (Fsp3) is 0.222. The minimum Gasteiger partial charge on any atom is -0.309 e. The normalized spacial score (nSPS) is 8.55. The molecule has 1 aromatic carbocycles. The van der Waals surface area contributed by atoms with Gasteiger partial charge in [0.15, 0.2) is 0 Å². The number of hydrogen-bond donors (Lipinski definition) is 0. The summed E-state index contributed by atoms with van der Waals surface area (Å²) in [5, 5.41) is 0. The van der Waals surface area contributed by atoms with Crippen LogP contribution in [-0.2, 0) is 32.7 Å². The number of hydrogen-bond acceptors (Lipinski definition) is 1. The summed E-state index contributed by atoms with van der Waals surface area (Å²) in [5.41, 5.74) is 1.79. The Kier molecular flexibility index (Phi) is 4.79. The van der Waals surface area contributed by atoms with Crippen LogP contribution >= 0.6 is 0 Å². The van der Waals surface area contributed by atoms with Crippen LogP contribution in [0.1, 0.15) is 22.8 Å². The second kappa shape index (κ2) is 4.79. The maximum absolute atomic E-state index is 10.7. The third-order valence-electron chi connectivity index (χ3n) is 1.37. The molecule has 0 atom stereocenters. The van der Waals surface area contributed by atoms with Gasteiger partial charge in [-0.15, -0.1) is 0 Å². The molecule has 0 fully saturated rings. The summed E-state index contributed by atoms with van der Waals surface area (Å²) >= 11 is 0. The smallest absolute Gasteiger partial charge is 0.105 e. The number of aryl methyl sites for hydroxylation is 1. The van der Waals surface area contributed by atoms with Gasteiger partial charge < -0.3 is 4.79 Å². The van der Waals surface area contributed by atoms with Gasteiger partial charge in [0, 0.05) is 32.7 Å². The number of rotatable bonds is 1.